The van der Waals surface area contributed by atoms with Crippen LogP contribution in [0.5, 0.6) is 0 Å². The van der Waals surface area contributed by atoms with Gasteiger partial charge in [-0.15, -0.1) is 15.3 Å². The number of fused-ring (bicyclic) bond motifs is 1. The van der Waals surface area contributed by atoms with E-state index in [0.717, 1.165) is 0 Å². The maximum atomic E-state index is 12.8. The Morgan fingerprint density at radius 3 is 2.72 bits per heavy atom. The van der Waals surface area contributed by atoms with Crippen molar-refractivity contribution in [2.24, 2.45) is 0 Å². The zero-order valence-electron chi connectivity index (χ0n) is 12.4. The van der Waals surface area contributed by atoms with Gasteiger partial charge in [0.15, 0.2) is 0 Å². The number of nitrogens with one attached hydrogen (secondary N) is 1. The summed E-state index contributed by atoms with van der Waals surface area (Å²) >= 11 is 0.651. The maximum absolute atomic E-state index is 12.8. The Balaban J connectivity index is 1.86. The number of carbonyl (C=O) groups excluding carboxylic acids is 2. The van der Waals surface area contributed by atoms with Crippen LogP contribution in [-0.2, 0) is 10.9 Å². The number of hydrogen-bond acceptors (Lipinski definition) is 7. The Labute approximate surface area is 141 Å². The number of benzene rings is 1. The Morgan fingerprint density at radius 1 is 1.28 bits per heavy atom. The van der Waals surface area contributed by atoms with E-state index in [4.69, 9.17) is 0 Å². The van der Waals surface area contributed by atoms with Gasteiger partial charge in [-0.25, -0.2) is 4.79 Å². The molecular formula is C13H8F3N5O3S. The molecule has 0 spiro atoms. The molecule has 1 amide bonds. The van der Waals surface area contributed by atoms with Crippen molar-refractivity contribution in [3.8, 4) is 0 Å². The van der Waals surface area contributed by atoms with Crippen molar-refractivity contribution in [1.82, 2.24) is 19.8 Å². The number of halogens is 3. The molecular weight excluding hydrogens is 363 g/mol. The highest BCUT2D eigenvalue weighted by Crippen LogP contribution is 2.29. The fraction of sp³-hybridized carbons (Fsp3) is 0.154. The highest BCUT2D eigenvalue weighted by atomic mass is 32.1. The number of hydrogen-bond donors (Lipinski definition) is 1. The summed E-state index contributed by atoms with van der Waals surface area (Å²) in [5.74, 6) is -2.65. The molecule has 25 heavy (non-hydrogen) atoms. The van der Waals surface area contributed by atoms with Gasteiger partial charge < -0.3 is 10.1 Å². The van der Waals surface area contributed by atoms with E-state index in [9.17, 15) is 22.8 Å². The monoisotopic (exact) mass is 371 g/mol. The lowest BCUT2D eigenvalue weighted by Gasteiger charge is -2.05. The normalized spacial score (nSPS) is 11.5. The van der Waals surface area contributed by atoms with Gasteiger partial charge in [0, 0.05) is 5.69 Å². The Bertz CT molecular complexity index is 965. The lowest BCUT2D eigenvalue weighted by atomic mass is 10.2. The fourth-order valence-electron chi connectivity index (χ4n) is 1.91. The van der Waals surface area contributed by atoms with Crippen molar-refractivity contribution in [2.45, 2.75) is 6.18 Å². The van der Waals surface area contributed by atoms with Crippen LogP contribution in [0.4, 0.5) is 18.9 Å². The minimum Gasteiger partial charge on any atom is -0.465 e. The van der Waals surface area contributed by atoms with E-state index in [2.05, 4.69) is 25.3 Å². The standard InChI is InChI=1S/C13H8F3N5O3S/c1-24-10(23)6-3-2-4-7(5-6)17-8(22)9-20-21-11(13(14,15)16)18-19-12(21)25-9/h2-5H,1H3,(H,17,22). The summed E-state index contributed by atoms with van der Waals surface area (Å²) in [7, 11) is 1.21. The number of esters is 1. The average Bonchev–Trinajstić information content (AvgIpc) is 3.13. The molecule has 8 nitrogen and oxygen atoms in total. The number of aromatic nitrogens is 4. The van der Waals surface area contributed by atoms with Gasteiger partial charge in [-0.2, -0.15) is 17.7 Å². The number of amides is 1. The van der Waals surface area contributed by atoms with Gasteiger partial charge in [-0.1, -0.05) is 17.4 Å². The molecule has 2 aromatic heterocycles. The van der Waals surface area contributed by atoms with Crippen molar-refractivity contribution in [1.29, 1.82) is 0 Å². The van der Waals surface area contributed by atoms with Gasteiger partial charge in [0.05, 0.1) is 12.7 Å². The molecule has 12 heteroatoms. The van der Waals surface area contributed by atoms with Crippen LogP contribution in [0.3, 0.4) is 0 Å². The van der Waals surface area contributed by atoms with E-state index in [0.29, 0.717) is 15.9 Å². The minimum atomic E-state index is -4.74. The van der Waals surface area contributed by atoms with Gasteiger partial charge in [-0.3, -0.25) is 4.79 Å². The molecule has 0 bridgehead atoms. The molecule has 3 aromatic rings. The van der Waals surface area contributed by atoms with Crippen molar-refractivity contribution in [3.63, 3.8) is 0 Å². The molecule has 3 rings (SSSR count). The largest absolute Gasteiger partial charge is 0.465 e. The van der Waals surface area contributed by atoms with Crippen molar-refractivity contribution >= 4 is 33.9 Å². The van der Waals surface area contributed by atoms with E-state index >= 15 is 0 Å². The van der Waals surface area contributed by atoms with Crippen LogP contribution >= 0.6 is 11.3 Å². The zero-order chi connectivity index (χ0) is 18.2. The van der Waals surface area contributed by atoms with Crippen LogP contribution in [-0.4, -0.2) is 38.8 Å². The second-order valence-electron chi connectivity index (χ2n) is 4.65. The molecule has 0 saturated carbocycles. The lowest BCUT2D eigenvalue weighted by Crippen LogP contribution is -2.15. The molecule has 0 fully saturated rings. The summed E-state index contributed by atoms with van der Waals surface area (Å²) in [6.45, 7) is 0. The molecule has 1 aromatic carbocycles. The van der Waals surface area contributed by atoms with Crippen LogP contribution in [0.15, 0.2) is 24.3 Å². The summed E-state index contributed by atoms with van der Waals surface area (Å²) in [5.41, 5.74) is 0.465. The fourth-order valence-corrected chi connectivity index (χ4v) is 2.65. The van der Waals surface area contributed by atoms with E-state index in [1.807, 2.05) is 0 Å². The number of methoxy groups -OCH3 is 1. The Hall–Kier alpha value is -3.02. The van der Waals surface area contributed by atoms with Gasteiger partial charge in [0.2, 0.25) is 9.97 Å². The first-order chi connectivity index (χ1) is 11.8. The van der Waals surface area contributed by atoms with E-state index in [1.54, 1.807) is 0 Å². The molecule has 1 N–H and O–H groups in total. The number of nitrogens with zero attached hydrogens (tertiary/aromatic N) is 4. The minimum absolute atomic E-state index is 0.166. The van der Waals surface area contributed by atoms with E-state index in [1.165, 1.54) is 31.4 Å². The summed E-state index contributed by atoms with van der Waals surface area (Å²) in [6, 6.07) is 5.87. The number of carbonyl (C=O) groups is 2. The first-order valence-electron chi connectivity index (χ1n) is 6.59. The van der Waals surface area contributed by atoms with Crippen LogP contribution in [0, 0.1) is 0 Å². The zero-order valence-corrected chi connectivity index (χ0v) is 13.2. The second kappa shape index (κ2) is 6.12. The SMILES string of the molecule is COC(=O)c1cccc(NC(=O)c2nn3c(C(F)(F)F)nnc3s2)c1. The van der Waals surface area contributed by atoms with Crippen LogP contribution in [0.2, 0.25) is 0 Å². The molecule has 130 valence electrons. The quantitative estimate of drug-likeness (QED) is 0.709. The number of anilines is 1. The Kier molecular flexibility index (Phi) is 4.12. The highest BCUT2D eigenvalue weighted by molar-refractivity contribution is 7.18. The first-order valence-corrected chi connectivity index (χ1v) is 7.40. The molecule has 0 radical (unpaired) electrons. The molecule has 0 atom stereocenters. The summed E-state index contributed by atoms with van der Waals surface area (Å²) in [6.07, 6.45) is -4.74. The molecule has 0 aliphatic carbocycles. The molecule has 0 aliphatic heterocycles. The predicted octanol–water partition coefficient (Wildman–Crippen LogP) is 2.24. The second-order valence-corrected chi connectivity index (χ2v) is 5.61. The van der Waals surface area contributed by atoms with Crippen molar-refractivity contribution in [3.05, 3.63) is 40.7 Å². The van der Waals surface area contributed by atoms with Crippen LogP contribution in [0.1, 0.15) is 26.0 Å². The maximum Gasteiger partial charge on any atom is 0.453 e. The molecule has 0 aliphatic rings. The molecule has 0 unspecified atom stereocenters. The van der Waals surface area contributed by atoms with Crippen molar-refractivity contribution < 1.29 is 27.5 Å². The van der Waals surface area contributed by atoms with Gasteiger partial charge in [0.25, 0.3) is 11.7 Å². The van der Waals surface area contributed by atoms with Crippen LogP contribution in [0.25, 0.3) is 4.96 Å². The topological polar surface area (TPSA) is 98.5 Å². The summed E-state index contributed by atoms with van der Waals surface area (Å²) in [4.78, 5) is 23.5. The highest BCUT2D eigenvalue weighted by Gasteiger charge is 2.38. The van der Waals surface area contributed by atoms with Crippen LogP contribution < -0.4 is 5.32 Å². The molecule has 0 saturated heterocycles. The van der Waals surface area contributed by atoms with E-state index < -0.39 is 23.9 Å². The number of alkyl halides is 3. The van der Waals surface area contributed by atoms with Gasteiger partial charge >= 0.3 is 12.1 Å². The smallest absolute Gasteiger partial charge is 0.453 e. The summed E-state index contributed by atoms with van der Waals surface area (Å²) < 4.78 is 43.3. The van der Waals surface area contributed by atoms with E-state index in [-0.39, 0.29) is 21.2 Å². The van der Waals surface area contributed by atoms with Crippen molar-refractivity contribution in [2.75, 3.05) is 12.4 Å². The third-order valence-electron chi connectivity index (χ3n) is 2.98. The summed E-state index contributed by atoms with van der Waals surface area (Å²) in [5, 5.41) is 12.2. The average molecular weight is 371 g/mol. The predicted molar refractivity (Wildman–Crippen MR) is 79.4 cm³/mol. The number of rotatable bonds is 3. The van der Waals surface area contributed by atoms with Gasteiger partial charge in [-0.05, 0) is 18.2 Å². The first kappa shape index (κ1) is 16.8. The Morgan fingerprint density at radius 2 is 2.04 bits per heavy atom. The lowest BCUT2D eigenvalue weighted by molar-refractivity contribution is -0.146. The number of ether oxygens (including phenoxy) is 1. The third kappa shape index (κ3) is 3.28. The molecule has 2 heterocycles. The third-order valence-corrected chi connectivity index (χ3v) is 3.88. The van der Waals surface area contributed by atoms with Gasteiger partial charge in [0.1, 0.15) is 0 Å².